The molecule has 0 atom stereocenters. The summed E-state index contributed by atoms with van der Waals surface area (Å²) in [6.45, 7) is 6.55. The number of aromatic nitrogens is 2. The maximum absolute atomic E-state index is 10.3. The minimum atomic E-state index is 0.0744. The molecule has 0 radical (unpaired) electrons. The zero-order valence-electron chi connectivity index (χ0n) is 14.3. The van der Waals surface area contributed by atoms with Gasteiger partial charge in [-0.1, -0.05) is 18.5 Å². The molecule has 3 aromatic rings. The molecule has 0 fully saturated rings. The van der Waals surface area contributed by atoms with Crippen molar-refractivity contribution in [1.82, 2.24) is 9.97 Å². The Balaban J connectivity index is 2.04. The molecular formula is C18H20ClN3O3. The summed E-state index contributed by atoms with van der Waals surface area (Å²) < 4.78 is 11.0. The number of aromatic hydroxyl groups is 1. The van der Waals surface area contributed by atoms with Gasteiger partial charge in [-0.15, -0.1) is 0 Å². The lowest BCUT2D eigenvalue weighted by atomic mass is 10.1. The largest absolute Gasteiger partial charge is 0.507 e. The van der Waals surface area contributed by atoms with Crippen molar-refractivity contribution in [3.05, 3.63) is 29.5 Å². The Labute approximate surface area is 150 Å². The van der Waals surface area contributed by atoms with E-state index >= 15 is 0 Å². The number of hydrogen-bond acceptors (Lipinski definition) is 6. The van der Waals surface area contributed by atoms with E-state index in [9.17, 15) is 5.11 Å². The van der Waals surface area contributed by atoms with Crippen LogP contribution >= 0.6 is 11.6 Å². The van der Waals surface area contributed by atoms with Crippen LogP contribution in [0.25, 0.3) is 22.3 Å². The molecule has 0 unspecified atom stereocenters. The van der Waals surface area contributed by atoms with Gasteiger partial charge in [0, 0.05) is 17.5 Å². The minimum Gasteiger partial charge on any atom is -0.507 e. The highest BCUT2D eigenvalue weighted by atomic mass is 35.5. The normalized spacial score (nSPS) is 11.2. The van der Waals surface area contributed by atoms with E-state index in [1.165, 1.54) is 6.26 Å². The van der Waals surface area contributed by atoms with Crippen LogP contribution in [0.5, 0.6) is 11.5 Å². The van der Waals surface area contributed by atoms with Crippen LogP contribution in [0.3, 0.4) is 0 Å². The monoisotopic (exact) mass is 361 g/mol. The van der Waals surface area contributed by atoms with Crippen molar-refractivity contribution in [2.24, 2.45) is 0 Å². The number of pyridine rings is 1. The first kappa shape index (κ1) is 17.4. The molecule has 0 spiro atoms. The van der Waals surface area contributed by atoms with E-state index in [4.69, 9.17) is 20.8 Å². The van der Waals surface area contributed by atoms with Crippen LogP contribution < -0.4 is 10.1 Å². The van der Waals surface area contributed by atoms with Crippen molar-refractivity contribution < 1.29 is 14.3 Å². The van der Waals surface area contributed by atoms with E-state index in [2.05, 4.69) is 15.3 Å². The van der Waals surface area contributed by atoms with Gasteiger partial charge in [0.1, 0.15) is 28.5 Å². The summed E-state index contributed by atoms with van der Waals surface area (Å²) in [6.07, 6.45) is 2.36. The molecule has 0 bridgehead atoms. The van der Waals surface area contributed by atoms with Gasteiger partial charge in [0.25, 0.3) is 6.01 Å². The maximum atomic E-state index is 10.3. The topological polar surface area (TPSA) is 80.4 Å². The van der Waals surface area contributed by atoms with E-state index in [0.717, 1.165) is 6.42 Å². The summed E-state index contributed by atoms with van der Waals surface area (Å²) in [4.78, 5) is 8.89. The van der Waals surface area contributed by atoms with Crippen LogP contribution in [0.4, 0.5) is 6.01 Å². The van der Waals surface area contributed by atoms with E-state index in [1.54, 1.807) is 18.2 Å². The molecule has 2 heterocycles. The van der Waals surface area contributed by atoms with E-state index in [1.807, 2.05) is 20.8 Å². The second-order valence-corrected chi connectivity index (χ2v) is 6.36. The number of halogens is 1. The third-order valence-electron chi connectivity index (χ3n) is 3.50. The van der Waals surface area contributed by atoms with Crippen molar-refractivity contribution in [3.8, 4) is 22.9 Å². The van der Waals surface area contributed by atoms with Gasteiger partial charge in [-0.3, -0.25) is 0 Å². The smallest absolute Gasteiger partial charge is 0.295 e. The number of nitrogens with one attached hydrogen (secondary N) is 1. The van der Waals surface area contributed by atoms with Crippen LogP contribution in [0.1, 0.15) is 27.2 Å². The molecule has 2 N–H and O–H groups in total. The summed E-state index contributed by atoms with van der Waals surface area (Å²) in [5.41, 5.74) is 1.45. The average Bonchev–Trinajstić information content (AvgIpc) is 3.02. The van der Waals surface area contributed by atoms with E-state index in [-0.39, 0.29) is 11.8 Å². The summed E-state index contributed by atoms with van der Waals surface area (Å²) in [7, 11) is 0. The molecule has 132 valence electrons. The molecule has 6 nitrogen and oxygen atoms in total. The number of ether oxygens (including phenoxy) is 1. The van der Waals surface area contributed by atoms with Gasteiger partial charge in [-0.25, -0.2) is 4.98 Å². The van der Waals surface area contributed by atoms with Crippen LogP contribution in [-0.2, 0) is 0 Å². The SMILES string of the molecule is CCCOc1ccc2c(O)cc(-c3coc(NC(C)C)n3)nc2c1Cl. The van der Waals surface area contributed by atoms with Crippen molar-refractivity contribution in [2.75, 3.05) is 11.9 Å². The van der Waals surface area contributed by atoms with Crippen LogP contribution in [-0.4, -0.2) is 27.7 Å². The number of benzene rings is 1. The van der Waals surface area contributed by atoms with Gasteiger partial charge in [0.05, 0.1) is 17.8 Å². The zero-order valence-corrected chi connectivity index (χ0v) is 15.1. The number of anilines is 1. The molecule has 0 saturated carbocycles. The highest BCUT2D eigenvalue weighted by Crippen LogP contribution is 2.37. The predicted molar refractivity (Wildman–Crippen MR) is 98.5 cm³/mol. The number of rotatable bonds is 6. The van der Waals surface area contributed by atoms with Gasteiger partial charge in [0.15, 0.2) is 0 Å². The highest BCUT2D eigenvalue weighted by molar-refractivity contribution is 6.36. The van der Waals surface area contributed by atoms with Gasteiger partial charge in [-0.2, -0.15) is 4.98 Å². The number of oxazole rings is 1. The second kappa shape index (κ2) is 7.19. The minimum absolute atomic E-state index is 0.0744. The molecule has 0 aliphatic carbocycles. The predicted octanol–water partition coefficient (Wildman–Crippen LogP) is 4.86. The number of fused-ring (bicyclic) bond motifs is 1. The molecular weight excluding hydrogens is 342 g/mol. The first-order valence-corrected chi connectivity index (χ1v) is 8.54. The third-order valence-corrected chi connectivity index (χ3v) is 3.87. The lowest BCUT2D eigenvalue weighted by molar-refractivity contribution is 0.318. The average molecular weight is 362 g/mol. The summed E-state index contributed by atoms with van der Waals surface area (Å²) in [5.74, 6) is 0.618. The van der Waals surface area contributed by atoms with Gasteiger partial charge in [0.2, 0.25) is 0 Å². The summed E-state index contributed by atoms with van der Waals surface area (Å²) in [6, 6.07) is 5.62. The lowest BCUT2D eigenvalue weighted by Gasteiger charge is -2.10. The van der Waals surface area contributed by atoms with Crippen molar-refractivity contribution >= 4 is 28.5 Å². The Morgan fingerprint density at radius 2 is 2.08 bits per heavy atom. The highest BCUT2D eigenvalue weighted by Gasteiger charge is 2.15. The Morgan fingerprint density at radius 1 is 1.28 bits per heavy atom. The Kier molecular flexibility index (Phi) is 4.99. The van der Waals surface area contributed by atoms with Crippen LogP contribution in [0.15, 0.2) is 28.9 Å². The fourth-order valence-electron chi connectivity index (χ4n) is 2.38. The Morgan fingerprint density at radius 3 is 2.80 bits per heavy atom. The first-order valence-electron chi connectivity index (χ1n) is 8.17. The van der Waals surface area contributed by atoms with E-state index in [0.29, 0.717) is 45.7 Å². The number of nitrogens with zero attached hydrogens (tertiary/aromatic N) is 2. The van der Waals surface area contributed by atoms with Crippen molar-refractivity contribution in [1.29, 1.82) is 0 Å². The van der Waals surface area contributed by atoms with Crippen LogP contribution in [0, 0.1) is 0 Å². The van der Waals surface area contributed by atoms with Crippen molar-refractivity contribution in [3.63, 3.8) is 0 Å². The number of hydrogen-bond donors (Lipinski definition) is 2. The third kappa shape index (κ3) is 3.64. The van der Waals surface area contributed by atoms with Gasteiger partial charge in [-0.05, 0) is 32.4 Å². The Bertz CT molecular complexity index is 893. The quantitative estimate of drug-likeness (QED) is 0.652. The molecule has 0 saturated heterocycles. The van der Waals surface area contributed by atoms with Gasteiger partial charge >= 0.3 is 0 Å². The summed E-state index contributed by atoms with van der Waals surface area (Å²) >= 11 is 6.43. The summed E-state index contributed by atoms with van der Waals surface area (Å²) in [5, 5.41) is 14.3. The molecule has 7 heteroatoms. The molecule has 3 rings (SSSR count). The fourth-order valence-corrected chi connectivity index (χ4v) is 2.64. The van der Waals surface area contributed by atoms with E-state index < -0.39 is 0 Å². The maximum Gasteiger partial charge on any atom is 0.295 e. The van der Waals surface area contributed by atoms with Crippen LogP contribution in [0.2, 0.25) is 5.02 Å². The molecule has 2 aromatic heterocycles. The first-order chi connectivity index (χ1) is 12.0. The molecule has 0 aliphatic heterocycles. The van der Waals surface area contributed by atoms with Crippen molar-refractivity contribution in [2.45, 2.75) is 33.2 Å². The molecule has 0 amide bonds. The Hall–Kier alpha value is -2.47. The lowest BCUT2D eigenvalue weighted by Crippen LogP contribution is -2.09. The molecule has 0 aliphatic rings. The fraction of sp³-hybridized carbons (Fsp3) is 0.333. The molecule has 1 aromatic carbocycles. The second-order valence-electron chi connectivity index (χ2n) is 5.99. The standard InChI is InChI=1S/C18H20ClN3O3/c1-4-7-24-15-6-5-11-14(23)8-12(21-17(11)16(15)19)13-9-25-18(22-13)20-10(2)3/h5-6,8-10H,4,7H2,1-3H3,(H,20,22)(H,21,23). The van der Waals surface area contributed by atoms with Gasteiger partial charge < -0.3 is 19.6 Å². The molecule has 25 heavy (non-hydrogen) atoms. The zero-order chi connectivity index (χ0) is 18.0.